The van der Waals surface area contributed by atoms with Crippen LogP contribution in [0.25, 0.3) is 0 Å². The molecule has 1 unspecified atom stereocenters. The minimum Gasteiger partial charge on any atom is -0.492 e. The molecule has 1 aromatic carbocycles. The summed E-state index contributed by atoms with van der Waals surface area (Å²) >= 11 is 6.06. The molecule has 2 aliphatic heterocycles. The van der Waals surface area contributed by atoms with E-state index in [1.54, 1.807) is 24.5 Å². The molecule has 1 spiro atoms. The molecule has 2 aliphatic rings. The zero-order valence-electron chi connectivity index (χ0n) is 15.2. The van der Waals surface area contributed by atoms with Crippen molar-refractivity contribution in [2.24, 2.45) is 11.3 Å². The Morgan fingerprint density at radius 3 is 2.93 bits per heavy atom. The zero-order valence-corrected chi connectivity index (χ0v) is 16.0. The molecule has 6 heteroatoms. The third-order valence-electron chi connectivity index (χ3n) is 5.86. The van der Waals surface area contributed by atoms with Gasteiger partial charge in [-0.2, -0.15) is 0 Å². The van der Waals surface area contributed by atoms with Crippen LogP contribution < -0.4 is 4.74 Å². The third-order valence-corrected chi connectivity index (χ3v) is 6.09. The van der Waals surface area contributed by atoms with Gasteiger partial charge in [0.1, 0.15) is 11.6 Å². The van der Waals surface area contributed by atoms with Crippen molar-refractivity contribution in [3.63, 3.8) is 0 Å². The molecule has 3 heterocycles. The fraction of sp³-hybridized carbons (Fsp3) is 0.476. The predicted octanol–water partition coefficient (Wildman–Crippen LogP) is 4.18. The zero-order chi connectivity index (χ0) is 18.7. The van der Waals surface area contributed by atoms with Crippen LogP contribution in [0.15, 0.2) is 42.7 Å². The highest BCUT2D eigenvalue weighted by atomic mass is 35.5. The van der Waals surface area contributed by atoms with E-state index in [0.29, 0.717) is 29.7 Å². The molecule has 0 N–H and O–H groups in total. The first-order valence-corrected chi connectivity index (χ1v) is 9.79. The van der Waals surface area contributed by atoms with Gasteiger partial charge in [-0.3, -0.25) is 9.88 Å². The van der Waals surface area contributed by atoms with Gasteiger partial charge in [0, 0.05) is 55.5 Å². The second-order valence-corrected chi connectivity index (χ2v) is 8.01. The Hall–Kier alpha value is -1.69. The highest BCUT2D eigenvalue weighted by Crippen LogP contribution is 2.45. The number of nitrogens with zero attached hydrogens (tertiary/aromatic N) is 2. The van der Waals surface area contributed by atoms with E-state index in [-0.39, 0.29) is 11.2 Å². The van der Waals surface area contributed by atoms with Gasteiger partial charge >= 0.3 is 0 Å². The highest BCUT2D eigenvalue weighted by Gasteiger charge is 2.47. The molecule has 1 aromatic heterocycles. The average molecular weight is 391 g/mol. The first-order chi connectivity index (χ1) is 13.1. The number of rotatable bonds is 5. The first kappa shape index (κ1) is 18.7. The Morgan fingerprint density at radius 2 is 2.15 bits per heavy atom. The smallest absolute Gasteiger partial charge is 0.137 e. The van der Waals surface area contributed by atoms with Crippen LogP contribution in [-0.4, -0.2) is 42.8 Å². The Labute approximate surface area is 164 Å². The first-order valence-electron chi connectivity index (χ1n) is 9.41. The van der Waals surface area contributed by atoms with Crippen LogP contribution in [0.2, 0.25) is 5.02 Å². The number of hydrogen-bond acceptors (Lipinski definition) is 4. The normalized spacial score (nSPS) is 22.2. The Kier molecular flexibility index (Phi) is 5.62. The molecule has 27 heavy (non-hydrogen) atoms. The number of hydrogen-bond donors (Lipinski definition) is 0. The van der Waals surface area contributed by atoms with Gasteiger partial charge in [0.05, 0.1) is 12.8 Å². The number of likely N-dealkylation sites (tertiary alicyclic amines) is 1. The summed E-state index contributed by atoms with van der Waals surface area (Å²) in [6.07, 6.45) is 5.51. The second kappa shape index (κ2) is 8.13. The maximum absolute atomic E-state index is 14.2. The third kappa shape index (κ3) is 4.26. The lowest BCUT2D eigenvalue weighted by molar-refractivity contribution is -0.00945. The van der Waals surface area contributed by atoms with Crippen molar-refractivity contribution in [1.29, 1.82) is 0 Å². The minimum atomic E-state index is -0.199. The van der Waals surface area contributed by atoms with E-state index < -0.39 is 0 Å². The van der Waals surface area contributed by atoms with Gasteiger partial charge in [-0.15, -0.1) is 0 Å². The van der Waals surface area contributed by atoms with E-state index in [1.807, 2.05) is 12.1 Å². The number of aromatic nitrogens is 1. The van der Waals surface area contributed by atoms with Crippen molar-refractivity contribution in [3.8, 4) is 5.75 Å². The maximum atomic E-state index is 14.2. The SMILES string of the molecule is Fc1ccc(Cl)cc1CN1CC(COc2cccnc2)C2(CCOCC2)C1. The Morgan fingerprint density at radius 1 is 1.30 bits per heavy atom. The lowest BCUT2D eigenvalue weighted by atomic mass is 9.72. The molecule has 1 atom stereocenters. The lowest BCUT2D eigenvalue weighted by Gasteiger charge is -2.38. The maximum Gasteiger partial charge on any atom is 0.137 e. The van der Waals surface area contributed by atoms with E-state index in [9.17, 15) is 4.39 Å². The van der Waals surface area contributed by atoms with Crippen LogP contribution in [0.3, 0.4) is 0 Å². The van der Waals surface area contributed by atoms with Gasteiger partial charge in [-0.1, -0.05) is 11.6 Å². The van der Waals surface area contributed by atoms with E-state index in [4.69, 9.17) is 21.1 Å². The van der Waals surface area contributed by atoms with Crippen LogP contribution in [0.5, 0.6) is 5.75 Å². The summed E-state index contributed by atoms with van der Waals surface area (Å²) in [6, 6.07) is 8.57. The summed E-state index contributed by atoms with van der Waals surface area (Å²) in [6.45, 7) is 4.58. The van der Waals surface area contributed by atoms with E-state index in [0.717, 1.165) is 44.9 Å². The summed E-state index contributed by atoms with van der Waals surface area (Å²) in [5, 5.41) is 0.572. The Balaban J connectivity index is 1.48. The lowest BCUT2D eigenvalue weighted by Crippen LogP contribution is -2.39. The number of halogens is 2. The molecule has 2 fully saturated rings. The van der Waals surface area contributed by atoms with Gasteiger partial charge in [0.25, 0.3) is 0 Å². The standard InChI is InChI=1S/C21H24ClFN2O2/c22-18-3-4-20(23)16(10-18)12-25-13-17(14-27-19-2-1-7-24-11-19)21(15-25)5-8-26-9-6-21/h1-4,7,10-11,17H,5-6,8-9,12-15H2. The molecule has 144 valence electrons. The summed E-state index contributed by atoms with van der Waals surface area (Å²) in [5.41, 5.74) is 0.814. The summed E-state index contributed by atoms with van der Waals surface area (Å²) < 4.78 is 25.8. The van der Waals surface area contributed by atoms with Gasteiger partial charge in [0.2, 0.25) is 0 Å². The van der Waals surface area contributed by atoms with E-state index in [1.165, 1.54) is 6.07 Å². The quantitative estimate of drug-likeness (QED) is 0.767. The minimum absolute atomic E-state index is 0.162. The van der Waals surface area contributed by atoms with E-state index in [2.05, 4.69) is 9.88 Å². The molecular formula is C21H24ClFN2O2. The molecule has 2 saturated heterocycles. The van der Waals surface area contributed by atoms with E-state index >= 15 is 0 Å². The summed E-state index contributed by atoms with van der Waals surface area (Å²) in [5.74, 6) is 0.971. The molecule has 0 amide bonds. The number of ether oxygens (including phenoxy) is 2. The van der Waals surface area contributed by atoms with Crippen molar-refractivity contribution in [2.75, 3.05) is 32.9 Å². The topological polar surface area (TPSA) is 34.6 Å². The van der Waals surface area contributed by atoms with Gasteiger partial charge < -0.3 is 9.47 Å². The van der Waals surface area contributed by atoms with Gasteiger partial charge in [0.15, 0.2) is 0 Å². The van der Waals surface area contributed by atoms with Crippen molar-refractivity contribution < 1.29 is 13.9 Å². The summed E-state index contributed by atoms with van der Waals surface area (Å²) in [7, 11) is 0. The van der Waals surface area contributed by atoms with Gasteiger partial charge in [-0.25, -0.2) is 4.39 Å². The van der Waals surface area contributed by atoms with Crippen LogP contribution in [0.4, 0.5) is 4.39 Å². The molecular weight excluding hydrogens is 367 g/mol. The average Bonchev–Trinajstić information content (AvgIpc) is 3.00. The second-order valence-electron chi connectivity index (χ2n) is 7.58. The molecule has 0 aliphatic carbocycles. The Bertz CT molecular complexity index is 768. The van der Waals surface area contributed by atoms with Crippen LogP contribution >= 0.6 is 11.6 Å². The van der Waals surface area contributed by atoms with Crippen molar-refractivity contribution in [1.82, 2.24) is 9.88 Å². The fourth-order valence-electron chi connectivity index (χ4n) is 4.37. The molecule has 0 radical (unpaired) electrons. The van der Waals surface area contributed by atoms with Crippen LogP contribution in [0, 0.1) is 17.2 Å². The van der Waals surface area contributed by atoms with Crippen molar-refractivity contribution in [2.45, 2.75) is 19.4 Å². The summed E-state index contributed by atoms with van der Waals surface area (Å²) in [4.78, 5) is 6.44. The molecule has 2 aromatic rings. The predicted molar refractivity (Wildman–Crippen MR) is 102 cm³/mol. The molecule has 4 nitrogen and oxygen atoms in total. The molecule has 0 bridgehead atoms. The molecule has 0 saturated carbocycles. The molecule has 4 rings (SSSR count). The number of benzene rings is 1. The highest BCUT2D eigenvalue weighted by molar-refractivity contribution is 6.30. The van der Waals surface area contributed by atoms with Crippen molar-refractivity contribution in [3.05, 3.63) is 59.1 Å². The van der Waals surface area contributed by atoms with Crippen molar-refractivity contribution >= 4 is 11.6 Å². The van der Waals surface area contributed by atoms with Crippen LogP contribution in [-0.2, 0) is 11.3 Å². The fourth-order valence-corrected chi connectivity index (χ4v) is 4.57. The monoisotopic (exact) mass is 390 g/mol. The van der Waals surface area contributed by atoms with Crippen LogP contribution in [0.1, 0.15) is 18.4 Å². The largest absolute Gasteiger partial charge is 0.492 e. The van der Waals surface area contributed by atoms with Gasteiger partial charge in [-0.05, 0) is 48.6 Å². The number of pyridine rings is 1.